The van der Waals surface area contributed by atoms with Gasteiger partial charge in [-0.3, -0.25) is 78.6 Å². The minimum atomic E-state index is -0.959. The molecule has 0 aromatic carbocycles. The molecule has 0 bridgehead atoms. The van der Waals surface area contributed by atoms with Gasteiger partial charge in [-0.25, -0.2) is 44.3 Å². The van der Waals surface area contributed by atoms with Crippen LogP contribution >= 0.6 is 168 Å². The second-order valence-corrected chi connectivity index (χ2v) is 85.4. The molecule has 12 heterocycles. The molecule has 0 atom stereocenters. The number of piperazine rings is 3. The van der Waals surface area contributed by atoms with Crippen molar-refractivity contribution in [1.29, 1.82) is 0 Å². The number of aromatic nitrogens is 6. The average Bonchev–Trinajstić information content (AvgIpc) is 1.85. The van der Waals surface area contributed by atoms with Crippen LogP contribution in [-0.4, -0.2) is 324 Å². The van der Waals surface area contributed by atoms with Crippen LogP contribution in [0.4, 0.5) is 45.2 Å². The number of carbonyl (C=O) groups excluding carboxylic acids is 12. The number of nitrogens with one attached hydrogen (secondary N) is 4. The van der Waals surface area contributed by atoms with E-state index in [0.717, 1.165) is 121 Å². The summed E-state index contributed by atoms with van der Waals surface area (Å²) < 4.78 is 24.9. The fourth-order valence-electron chi connectivity index (χ4n) is 12.8. The van der Waals surface area contributed by atoms with E-state index in [1.54, 1.807) is 103 Å². The first-order valence-corrected chi connectivity index (χ1v) is 70.6. The summed E-state index contributed by atoms with van der Waals surface area (Å²) >= 11 is 19.8. The van der Waals surface area contributed by atoms with Crippen LogP contribution in [0, 0.1) is 0 Å². The van der Waals surface area contributed by atoms with Crippen LogP contribution < -0.4 is 32.7 Å². The van der Waals surface area contributed by atoms with Gasteiger partial charge in [-0.2, -0.15) is 0 Å². The van der Waals surface area contributed by atoms with Gasteiger partial charge in [0.05, 0.1) is 106 Å². The van der Waals surface area contributed by atoms with Gasteiger partial charge in [-0.15, -0.1) is 68.0 Å². The second-order valence-electron chi connectivity index (χ2n) is 33.0. The number of thiazole rings is 6. The first-order valence-electron chi connectivity index (χ1n) is 42.8. The predicted octanol–water partition coefficient (Wildman–Crippen LogP) is 12.8. The molecule has 53 heteroatoms. The minimum absolute atomic E-state index is 0. The molecular weight excluding hydrogens is 2510 g/mol. The number of anilines is 6. The summed E-state index contributed by atoms with van der Waals surface area (Å²) in [6.07, 6.45) is 5.80. The summed E-state index contributed by atoms with van der Waals surface area (Å²) in [5, 5.41) is 31.8. The zero-order valence-corrected chi connectivity index (χ0v) is 95.6. The summed E-state index contributed by atoms with van der Waals surface area (Å²) in [6.45, 7) is 36.5. The normalized spacial score (nSPS) is 14.9. The third kappa shape index (κ3) is 53.3. The molecule has 0 aliphatic carbocycles. The van der Waals surface area contributed by atoms with Crippen molar-refractivity contribution in [3.8, 4) is 0 Å². The Kier molecular flexibility index (Phi) is 58.0. The Morgan fingerprint density at radius 1 is 0.378 bits per heavy atom. The SMILES string of the molecule is C.CC(=O)Nc1nc(CC(=O)N2CCN(CC(=O)N3CCCC3)CC2)cs1.CC(C)(C)OC(=O)Nc1nc(CC(=O)N2CCN(CC(=O)N3CCCC3)CC2)cs1.CC(C)(C)OC(=O)Nc1nc(CC(=O)O)cs1.CCOC(=O)Cc1csc(N)n1.CCOC(=O)Cc1csc(NC(=O)OC(C)(C)C)n1.Nc1nc(CC(=O)N2CCN(CC(=O)N3CCCC3)CC2)cs1.[I][V]([I])[I].[I][V][I]. The molecule has 6 fully saturated rings. The summed E-state index contributed by atoms with van der Waals surface area (Å²) in [6, 6.07) is 0. The van der Waals surface area contributed by atoms with Crippen LogP contribution in [-0.2, 0) is 125 Å². The number of nitrogens with two attached hydrogens (primary N) is 2. The van der Waals surface area contributed by atoms with Crippen LogP contribution in [0.2, 0.25) is 0 Å². The number of hydrogen-bond acceptors (Lipinski definition) is 35. The summed E-state index contributed by atoms with van der Waals surface area (Å²) in [5.74, 6) is -0.976. The van der Waals surface area contributed by atoms with Gasteiger partial charge in [-0.05, 0) is 115 Å². The molecular formula is C82H125I5N21O19S6V2. The summed E-state index contributed by atoms with van der Waals surface area (Å²) in [5.41, 5.74) is 12.9. The molecule has 6 saturated heterocycles. The van der Waals surface area contributed by atoms with E-state index in [2.05, 4.69) is 166 Å². The zero-order chi connectivity index (χ0) is 99.3. The number of esters is 2. The number of nitrogen functional groups attached to an aromatic ring is 2. The zero-order valence-electron chi connectivity index (χ0n) is 77.1. The fraction of sp³-hybridized carbons (Fsp3) is 0.622. The van der Waals surface area contributed by atoms with E-state index in [1.165, 1.54) is 63.6 Å². The monoisotopic (exact) mass is 2640 g/mol. The Morgan fingerprint density at radius 2 is 0.600 bits per heavy atom. The Hall–Kier alpha value is -5.41. The Bertz CT molecular complexity index is 4680. The first-order chi connectivity index (χ1) is 63.2. The Labute approximate surface area is 879 Å². The molecule has 40 nitrogen and oxygen atoms in total. The van der Waals surface area contributed by atoms with Crippen LogP contribution in [0.5, 0.6) is 0 Å². The van der Waals surface area contributed by atoms with E-state index in [0.29, 0.717) is 160 Å². The maximum absolute atomic E-state index is 12.6. The van der Waals surface area contributed by atoms with E-state index in [9.17, 15) is 62.3 Å². The molecule has 0 unspecified atom stereocenters. The van der Waals surface area contributed by atoms with Gasteiger partial charge in [0.1, 0.15) is 16.8 Å². The number of ether oxygens (including phenoxy) is 5. The molecule has 10 amide bonds. The molecule has 12 rings (SSSR count). The molecule has 0 radical (unpaired) electrons. The molecule has 0 saturated carbocycles. The average molecular weight is 2640 g/mol. The number of hydrogen-bond donors (Lipinski definition) is 7. The van der Waals surface area contributed by atoms with E-state index >= 15 is 0 Å². The van der Waals surface area contributed by atoms with Gasteiger partial charge in [0.15, 0.2) is 30.8 Å². The van der Waals surface area contributed by atoms with Crippen molar-refractivity contribution in [1.82, 2.24) is 74.0 Å². The van der Waals surface area contributed by atoms with Gasteiger partial charge >= 0.3 is 150 Å². The molecule has 6 aliphatic rings. The van der Waals surface area contributed by atoms with Crippen LogP contribution in [0.1, 0.15) is 163 Å². The molecule has 6 aromatic heterocycles. The summed E-state index contributed by atoms with van der Waals surface area (Å²) in [7, 11) is 0.628. The van der Waals surface area contributed by atoms with E-state index in [-0.39, 0.29) is 97.7 Å². The molecule has 135 heavy (non-hydrogen) atoms. The van der Waals surface area contributed by atoms with Crippen molar-refractivity contribution in [3.05, 3.63) is 66.4 Å². The fourth-order valence-corrected chi connectivity index (χ4v) is 16.8. The quantitative estimate of drug-likeness (QED) is 0.0168. The third-order valence-electron chi connectivity index (χ3n) is 18.7. The van der Waals surface area contributed by atoms with Crippen LogP contribution in [0.3, 0.4) is 0 Å². The van der Waals surface area contributed by atoms with Gasteiger partial charge < -0.3 is 75.0 Å². The number of nitrogens with zero attached hydrogens (tertiary/aromatic N) is 15. The predicted molar refractivity (Wildman–Crippen MR) is 562 cm³/mol. The number of carboxylic acids is 1. The molecule has 0 spiro atoms. The molecule has 9 N–H and O–H groups in total. The Balaban J connectivity index is 0.000000339. The van der Waals surface area contributed by atoms with Crippen molar-refractivity contribution in [2.75, 3.05) is 183 Å². The standard InChI is InChI=1S/C20H31N5O4S.C17H25N5O3S.C15H23N5O2S.C12H18N2O4S.C10H14N2O4S.C7H10N2O2S.CH4.5HI.2V/c1-20(2,3)29-19(28)22-18-21-15(14-30-18)12-16(26)25-10-8-23(9-11-25)13-17(27)24-6-4-5-7-24;1-13(23)18-17-19-14(12-26-17)10-15(24)22-8-6-20(7-9-22)11-16(25)21-4-2-3-5-21;16-15-17-12(11-23-15)9-13(21)20-7-5-18(6-8-20)10-14(22)19-3-1-2-4-19;1-5-17-9(15)6-8-7-19-10(13-8)14-11(16)18-12(2,3)4;1-10(2,3)16-9(15)12-8-11-6(5-17-8)4-7(13)14;1-2-11-6(10)3-5-4-12-7(8)9-5;;;;;;;;/h14H,4-13H2,1-3H3,(H,21,22,28);12H,2-11H2,1H3,(H,18,19,23);11H,1-10H2,(H2,16,17);7H,5-6H2,1-4H3,(H,13,14,16);5H,4H2,1-3H3,(H,13,14)(H,11,12,15);4H,2-3H2,1H3,(H2,8,9);1H4;5*1H;;/q;;;;;;;;;;;;+2;+3/p-5. The van der Waals surface area contributed by atoms with Crippen molar-refractivity contribution in [2.24, 2.45) is 0 Å². The van der Waals surface area contributed by atoms with Crippen molar-refractivity contribution >= 4 is 276 Å². The number of carboxylic acid groups (broad SMARTS) is 1. The van der Waals surface area contributed by atoms with Crippen molar-refractivity contribution < 1.29 is 106 Å². The van der Waals surface area contributed by atoms with Gasteiger partial charge in [-0.1, -0.05) is 7.43 Å². The van der Waals surface area contributed by atoms with E-state index < -0.39 is 41.1 Å². The van der Waals surface area contributed by atoms with E-state index in [4.69, 9.17) is 40.3 Å². The number of halogens is 5. The van der Waals surface area contributed by atoms with Crippen molar-refractivity contribution in [3.63, 3.8) is 0 Å². The Morgan fingerprint density at radius 3 is 0.830 bits per heavy atom. The topological polar surface area (TPSA) is 495 Å². The third-order valence-corrected chi connectivity index (χ3v) is 23.3. The van der Waals surface area contributed by atoms with Crippen LogP contribution in [0.15, 0.2) is 32.3 Å². The second kappa shape index (κ2) is 64.2. The first kappa shape index (κ1) is 122. The van der Waals surface area contributed by atoms with Crippen molar-refractivity contribution in [2.45, 2.75) is 184 Å². The molecule has 6 aliphatic heterocycles. The maximum atomic E-state index is 12.6. The number of rotatable bonds is 24. The van der Waals surface area contributed by atoms with Gasteiger partial charge in [0, 0.05) is 157 Å². The number of carbonyl (C=O) groups is 13. The molecule has 6 aromatic rings. The number of amides is 10. The van der Waals surface area contributed by atoms with Crippen LogP contribution in [0.25, 0.3) is 0 Å². The summed E-state index contributed by atoms with van der Waals surface area (Å²) in [4.78, 5) is 194. The van der Waals surface area contributed by atoms with E-state index in [1.807, 2.05) is 34.8 Å². The number of likely N-dealkylation sites (tertiary alicyclic amines) is 3. The molecule has 753 valence electrons. The number of aliphatic carboxylic acids is 1. The van der Waals surface area contributed by atoms with Gasteiger partial charge in [0.2, 0.25) is 41.4 Å². The van der Waals surface area contributed by atoms with Gasteiger partial charge in [0.25, 0.3) is 0 Å².